The lowest BCUT2D eigenvalue weighted by atomic mass is 10.0. The summed E-state index contributed by atoms with van der Waals surface area (Å²) >= 11 is 0. The summed E-state index contributed by atoms with van der Waals surface area (Å²) in [6.45, 7) is 4.93. The third-order valence-electron chi connectivity index (χ3n) is 14.4. The van der Waals surface area contributed by atoms with E-state index in [9.17, 15) is 0 Å². The number of nitrogens with zero attached hydrogens (tertiary/aromatic N) is 2. The molecule has 0 N–H and O–H groups in total. The van der Waals surface area contributed by atoms with Gasteiger partial charge in [-0.25, -0.2) is 0 Å². The fraction of sp³-hybridized carbons (Fsp3) is 0.0312. The first-order valence-corrected chi connectivity index (χ1v) is 26.9. The average molecular weight is 917 g/mol. The van der Waals surface area contributed by atoms with Crippen molar-refractivity contribution in [1.82, 2.24) is 0 Å². The predicted molar refractivity (Wildman–Crippen MR) is 293 cm³/mol. The summed E-state index contributed by atoms with van der Waals surface area (Å²) in [5.74, 6) is 0.953. The molecule has 0 unspecified atom stereocenters. The van der Waals surface area contributed by atoms with Gasteiger partial charge >= 0.3 is 0 Å². The van der Waals surface area contributed by atoms with Crippen LogP contribution in [0.25, 0.3) is 88.4 Å². The molecule has 3 aromatic heterocycles. The minimum atomic E-state index is -2.35. The zero-order chi connectivity index (χ0) is 46.5. The predicted octanol–water partition coefficient (Wildman–Crippen LogP) is 17.3. The molecular formula is C64H44N2O3Si. The Morgan fingerprint density at radius 3 is 1.34 bits per heavy atom. The molecular weight excluding hydrogens is 873 g/mol. The zero-order valence-corrected chi connectivity index (χ0v) is 39.6. The Hall–Kier alpha value is -8.84. The Morgan fingerprint density at radius 2 is 0.771 bits per heavy atom. The van der Waals surface area contributed by atoms with E-state index >= 15 is 0 Å². The summed E-state index contributed by atoms with van der Waals surface area (Å²) in [7, 11) is -2.35. The molecule has 332 valence electrons. The first kappa shape index (κ1) is 40.2. The molecule has 5 nitrogen and oxygen atoms in total. The third kappa shape index (κ3) is 6.10. The topological polar surface area (TPSA) is 45.9 Å². The molecule has 1 aliphatic heterocycles. The maximum atomic E-state index is 7.13. The molecule has 0 bridgehead atoms. The highest BCUT2D eigenvalue weighted by Gasteiger charge is 2.43. The molecule has 10 aromatic carbocycles. The Kier molecular flexibility index (Phi) is 8.97. The van der Waals surface area contributed by atoms with Crippen molar-refractivity contribution in [3.05, 3.63) is 231 Å². The van der Waals surface area contributed by atoms with Gasteiger partial charge in [0.25, 0.3) is 0 Å². The van der Waals surface area contributed by atoms with Crippen molar-refractivity contribution in [3.63, 3.8) is 0 Å². The van der Waals surface area contributed by atoms with Gasteiger partial charge in [0.2, 0.25) is 0 Å². The molecule has 0 saturated heterocycles. The van der Waals surface area contributed by atoms with Crippen molar-refractivity contribution in [2.24, 2.45) is 0 Å². The van der Waals surface area contributed by atoms with E-state index in [2.05, 4.69) is 241 Å². The monoisotopic (exact) mass is 916 g/mol. The maximum absolute atomic E-state index is 7.13. The number of benzene rings is 10. The van der Waals surface area contributed by atoms with Crippen molar-refractivity contribution >= 4 is 107 Å². The van der Waals surface area contributed by atoms with E-state index in [1.54, 1.807) is 0 Å². The quantitative estimate of drug-likeness (QED) is 0.142. The van der Waals surface area contributed by atoms with Gasteiger partial charge in [-0.3, -0.25) is 0 Å². The number of fused-ring (bicyclic) bond motifs is 11. The highest BCUT2D eigenvalue weighted by atomic mass is 28.3. The first-order chi connectivity index (χ1) is 34.5. The van der Waals surface area contributed by atoms with Crippen LogP contribution in [-0.2, 0) is 0 Å². The SMILES string of the molecule is C[Si]1(C)c2ccc(N(c3ccccc3-c3ccccc3)c3cccc4c3oc3ccccc34)cc2-c2oc3ccc(N(c4ccccc4-c4ccccc4)c4cccc5c4oc4ccccc45)cc3c21. The van der Waals surface area contributed by atoms with E-state index in [4.69, 9.17) is 13.3 Å². The van der Waals surface area contributed by atoms with Crippen molar-refractivity contribution in [2.75, 3.05) is 9.80 Å². The van der Waals surface area contributed by atoms with E-state index in [-0.39, 0.29) is 0 Å². The smallest absolute Gasteiger partial charge is 0.159 e. The standard InChI is InChI=1S/C64H44N2O3Si/c1-70(2)60-38-36-44(66(54-30-14-10-24-46(54)42-21-7-4-8-22-42)56-32-18-28-50-48-26-12-16-34-58(48)68-62(50)56)40-52(60)63-64(70)51-39-43(35-37-59(51)69-63)65(53-29-13-9-23-45(53)41-19-5-3-6-20-41)55-31-17-27-49-47-25-11-15-33-57(47)67-61(49)55/h3-40H,1-2H3. The van der Waals surface area contributed by atoms with E-state index < -0.39 is 8.07 Å². The lowest BCUT2D eigenvalue weighted by Crippen LogP contribution is -2.49. The van der Waals surface area contributed by atoms with Crippen LogP contribution in [-0.4, -0.2) is 8.07 Å². The van der Waals surface area contributed by atoms with Gasteiger partial charge in [-0.05, 0) is 88.2 Å². The molecule has 14 rings (SSSR count). The van der Waals surface area contributed by atoms with Crippen LogP contribution >= 0.6 is 0 Å². The van der Waals surface area contributed by atoms with Crippen LogP contribution < -0.4 is 20.2 Å². The van der Waals surface area contributed by atoms with E-state index in [0.717, 1.165) is 123 Å². The van der Waals surface area contributed by atoms with Crippen LogP contribution in [0.5, 0.6) is 0 Å². The van der Waals surface area contributed by atoms with Crippen molar-refractivity contribution in [2.45, 2.75) is 13.1 Å². The molecule has 0 atom stereocenters. The van der Waals surface area contributed by atoms with E-state index in [1.165, 1.54) is 10.4 Å². The maximum Gasteiger partial charge on any atom is 0.159 e. The van der Waals surface area contributed by atoms with E-state index in [1.807, 2.05) is 12.1 Å². The number of para-hydroxylation sites is 6. The molecule has 1 aliphatic rings. The second kappa shape index (κ2) is 15.6. The molecule has 0 fully saturated rings. The molecule has 0 saturated carbocycles. The van der Waals surface area contributed by atoms with Gasteiger partial charge in [0.05, 0.1) is 22.7 Å². The van der Waals surface area contributed by atoms with Crippen LogP contribution in [0.15, 0.2) is 244 Å². The number of hydrogen-bond donors (Lipinski definition) is 0. The van der Waals surface area contributed by atoms with Gasteiger partial charge in [-0.1, -0.05) is 177 Å². The lowest BCUT2D eigenvalue weighted by Gasteiger charge is -2.29. The normalized spacial score (nSPS) is 12.8. The third-order valence-corrected chi connectivity index (χ3v) is 18.0. The number of rotatable bonds is 8. The fourth-order valence-corrected chi connectivity index (χ4v) is 14.5. The largest absolute Gasteiger partial charge is 0.456 e. The summed E-state index contributed by atoms with van der Waals surface area (Å²) in [4.78, 5) is 4.75. The highest BCUT2D eigenvalue weighted by molar-refractivity contribution is 7.05. The Balaban J connectivity index is 0.972. The molecule has 6 heteroatoms. The summed E-state index contributed by atoms with van der Waals surface area (Å²) in [5.41, 5.74) is 16.1. The Morgan fingerprint density at radius 1 is 0.329 bits per heavy atom. The van der Waals surface area contributed by atoms with Crippen LogP contribution in [0.4, 0.5) is 34.1 Å². The summed E-state index contributed by atoms with van der Waals surface area (Å²) in [6, 6.07) is 82.0. The number of hydrogen-bond acceptors (Lipinski definition) is 5. The lowest BCUT2D eigenvalue weighted by molar-refractivity contribution is 0.635. The molecule has 0 amide bonds. The van der Waals surface area contributed by atoms with Gasteiger partial charge in [-0.15, -0.1) is 0 Å². The molecule has 13 aromatic rings. The summed E-state index contributed by atoms with van der Waals surface area (Å²) in [6.07, 6.45) is 0. The van der Waals surface area contributed by atoms with Crippen molar-refractivity contribution in [3.8, 4) is 33.6 Å². The van der Waals surface area contributed by atoms with Gasteiger partial charge in [0, 0.05) is 55.0 Å². The summed E-state index contributed by atoms with van der Waals surface area (Å²) in [5, 5.41) is 8.16. The molecule has 0 aliphatic carbocycles. The zero-order valence-electron chi connectivity index (χ0n) is 38.6. The number of anilines is 6. The summed E-state index contributed by atoms with van der Waals surface area (Å²) < 4.78 is 20.7. The van der Waals surface area contributed by atoms with Crippen LogP contribution in [0.2, 0.25) is 13.1 Å². The van der Waals surface area contributed by atoms with Crippen LogP contribution in [0, 0.1) is 0 Å². The molecule has 70 heavy (non-hydrogen) atoms. The number of furan rings is 3. The van der Waals surface area contributed by atoms with E-state index in [0.29, 0.717) is 0 Å². The minimum Gasteiger partial charge on any atom is -0.456 e. The van der Waals surface area contributed by atoms with Crippen LogP contribution in [0.3, 0.4) is 0 Å². The van der Waals surface area contributed by atoms with Gasteiger partial charge in [0.1, 0.15) is 30.6 Å². The van der Waals surface area contributed by atoms with Crippen LogP contribution in [0.1, 0.15) is 0 Å². The first-order valence-electron chi connectivity index (χ1n) is 23.9. The van der Waals surface area contributed by atoms with Gasteiger partial charge in [-0.2, -0.15) is 0 Å². The Labute approximate surface area is 405 Å². The average Bonchev–Trinajstić information content (AvgIpc) is 4.16. The molecule has 4 heterocycles. The highest BCUT2D eigenvalue weighted by Crippen LogP contribution is 2.49. The van der Waals surface area contributed by atoms with Gasteiger partial charge < -0.3 is 23.1 Å². The van der Waals surface area contributed by atoms with Crippen molar-refractivity contribution in [1.29, 1.82) is 0 Å². The van der Waals surface area contributed by atoms with Crippen molar-refractivity contribution < 1.29 is 13.3 Å². The fourth-order valence-electron chi connectivity index (χ4n) is 11.3. The second-order valence-corrected chi connectivity index (χ2v) is 23.1. The second-order valence-electron chi connectivity index (χ2n) is 18.8. The van der Waals surface area contributed by atoms with Gasteiger partial charge in [0.15, 0.2) is 11.2 Å². The molecule has 0 radical (unpaired) electrons. The Bertz CT molecular complexity index is 4180. The minimum absolute atomic E-state index is 0.843. The molecule has 0 spiro atoms.